The molecule has 0 aliphatic carbocycles. The molecule has 1 aromatic rings. The van der Waals surface area contributed by atoms with Gasteiger partial charge < -0.3 is 14.8 Å². The van der Waals surface area contributed by atoms with Crippen molar-refractivity contribution in [2.24, 2.45) is 5.92 Å². The summed E-state index contributed by atoms with van der Waals surface area (Å²) in [6.45, 7) is 5.47. The van der Waals surface area contributed by atoms with Crippen molar-refractivity contribution in [3.63, 3.8) is 0 Å². The monoisotopic (exact) mass is 305 g/mol. The normalized spacial score (nSPS) is 20.6. The molecule has 0 saturated heterocycles. The Kier molecular flexibility index (Phi) is 4.21. The van der Waals surface area contributed by atoms with Crippen molar-refractivity contribution >= 4 is 17.8 Å². The number of carbonyl (C=O) groups is 3. The molecular formula is C16H19NO5. The first kappa shape index (κ1) is 16.0. The fourth-order valence-electron chi connectivity index (χ4n) is 2.42. The molecule has 22 heavy (non-hydrogen) atoms. The van der Waals surface area contributed by atoms with Crippen molar-refractivity contribution < 1.29 is 23.9 Å². The van der Waals surface area contributed by atoms with E-state index in [1.54, 1.807) is 24.3 Å². The molecule has 0 bridgehead atoms. The van der Waals surface area contributed by atoms with E-state index in [9.17, 15) is 14.4 Å². The van der Waals surface area contributed by atoms with Gasteiger partial charge in [-0.3, -0.25) is 14.4 Å². The predicted octanol–water partition coefficient (Wildman–Crippen LogP) is 1.39. The van der Waals surface area contributed by atoms with Crippen LogP contribution in [-0.4, -0.2) is 30.5 Å². The standard InChI is InChI=1S/C16H19NO5/c1-16(2,3)17-13(18)11-9-7-5-6-8-10(9)22-15(20)12(11)14(19)21-4/h5-8,11-12H,1-4H3,(H,17,18). The number of rotatable bonds is 2. The average molecular weight is 305 g/mol. The smallest absolute Gasteiger partial charge is 0.326 e. The second-order valence-corrected chi connectivity index (χ2v) is 6.18. The van der Waals surface area contributed by atoms with Crippen LogP contribution >= 0.6 is 0 Å². The summed E-state index contributed by atoms with van der Waals surface area (Å²) in [5.41, 5.74) is 0.00729. The quantitative estimate of drug-likeness (QED) is 0.507. The lowest BCUT2D eigenvalue weighted by Crippen LogP contribution is -2.49. The van der Waals surface area contributed by atoms with Crippen LogP contribution in [0.25, 0.3) is 0 Å². The number of hydrogen-bond donors (Lipinski definition) is 1. The molecule has 1 aliphatic rings. The van der Waals surface area contributed by atoms with Crippen LogP contribution in [0.15, 0.2) is 24.3 Å². The molecule has 0 fully saturated rings. The maximum absolute atomic E-state index is 12.6. The van der Waals surface area contributed by atoms with Gasteiger partial charge in [0.1, 0.15) is 5.75 Å². The molecule has 6 nitrogen and oxygen atoms in total. The molecule has 0 spiro atoms. The van der Waals surface area contributed by atoms with Crippen molar-refractivity contribution in [3.05, 3.63) is 29.8 Å². The summed E-state index contributed by atoms with van der Waals surface area (Å²) >= 11 is 0. The number of benzene rings is 1. The van der Waals surface area contributed by atoms with Crippen LogP contribution in [0.3, 0.4) is 0 Å². The Morgan fingerprint density at radius 2 is 1.82 bits per heavy atom. The number of esters is 2. The van der Waals surface area contributed by atoms with Gasteiger partial charge >= 0.3 is 11.9 Å². The van der Waals surface area contributed by atoms with Gasteiger partial charge in [0.25, 0.3) is 0 Å². The minimum Gasteiger partial charge on any atom is -0.468 e. The highest BCUT2D eigenvalue weighted by molar-refractivity contribution is 6.04. The Morgan fingerprint density at radius 3 is 2.41 bits per heavy atom. The van der Waals surface area contributed by atoms with Crippen LogP contribution in [0.2, 0.25) is 0 Å². The van der Waals surface area contributed by atoms with Crippen molar-refractivity contribution in [3.8, 4) is 5.75 Å². The van der Waals surface area contributed by atoms with E-state index in [0.717, 1.165) is 0 Å². The highest BCUT2D eigenvalue weighted by Crippen LogP contribution is 2.38. The van der Waals surface area contributed by atoms with Gasteiger partial charge in [0, 0.05) is 11.1 Å². The predicted molar refractivity (Wildman–Crippen MR) is 78.2 cm³/mol. The first-order valence-electron chi connectivity index (χ1n) is 6.95. The Labute approximate surface area is 128 Å². The van der Waals surface area contributed by atoms with Crippen LogP contribution < -0.4 is 10.1 Å². The number of carbonyl (C=O) groups excluding carboxylic acids is 3. The Balaban J connectivity index is 2.49. The molecule has 6 heteroatoms. The van der Waals surface area contributed by atoms with Gasteiger partial charge in [0.05, 0.1) is 13.0 Å². The molecule has 1 aliphatic heterocycles. The lowest BCUT2D eigenvalue weighted by molar-refractivity contribution is -0.160. The number of fused-ring (bicyclic) bond motifs is 1. The fraction of sp³-hybridized carbons (Fsp3) is 0.438. The summed E-state index contributed by atoms with van der Waals surface area (Å²) in [5.74, 6) is -3.95. The third-order valence-corrected chi connectivity index (χ3v) is 3.29. The second-order valence-electron chi connectivity index (χ2n) is 6.18. The van der Waals surface area contributed by atoms with Crippen molar-refractivity contribution in [2.45, 2.75) is 32.2 Å². The van der Waals surface area contributed by atoms with Crippen molar-refractivity contribution in [2.75, 3.05) is 7.11 Å². The number of ether oxygens (including phenoxy) is 2. The molecule has 1 amide bonds. The van der Waals surface area contributed by atoms with Gasteiger partial charge in [0.2, 0.25) is 5.91 Å². The average Bonchev–Trinajstić information content (AvgIpc) is 2.43. The van der Waals surface area contributed by atoms with Gasteiger partial charge in [-0.15, -0.1) is 0 Å². The Bertz CT molecular complexity index is 617. The largest absolute Gasteiger partial charge is 0.468 e. The van der Waals surface area contributed by atoms with E-state index in [-0.39, 0.29) is 0 Å². The number of nitrogens with one attached hydrogen (secondary N) is 1. The van der Waals surface area contributed by atoms with Crippen LogP contribution in [-0.2, 0) is 19.1 Å². The SMILES string of the molecule is COC(=O)C1C(=O)Oc2ccccc2C1C(=O)NC(C)(C)C. The highest BCUT2D eigenvalue weighted by Gasteiger charge is 2.47. The first-order chi connectivity index (χ1) is 10.2. The van der Waals surface area contributed by atoms with Gasteiger partial charge in [0.15, 0.2) is 5.92 Å². The summed E-state index contributed by atoms with van der Waals surface area (Å²) in [5, 5.41) is 2.80. The topological polar surface area (TPSA) is 81.7 Å². The lowest BCUT2D eigenvalue weighted by Gasteiger charge is -2.31. The van der Waals surface area contributed by atoms with Gasteiger partial charge in [-0.2, -0.15) is 0 Å². The summed E-state index contributed by atoms with van der Waals surface area (Å²) in [4.78, 5) is 36.7. The molecule has 2 rings (SSSR count). The van der Waals surface area contributed by atoms with Crippen LogP contribution in [0, 0.1) is 5.92 Å². The van der Waals surface area contributed by atoms with Crippen LogP contribution in [0.4, 0.5) is 0 Å². The zero-order valence-electron chi connectivity index (χ0n) is 13.0. The summed E-state index contributed by atoms with van der Waals surface area (Å²) in [6.07, 6.45) is 0. The molecule has 2 atom stereocenters. The zero-order valence-corrected chi connectivity index (χ0v) is 13.0. The van der Waals surface area contributed by atoms with E-state index in [0.29, 0.717) is 11.3 Å². The minimum atomic E-state index is -1.30. The third kappa shape index (κ3) is 3.10. The Hall–Kier alpha value is -2.37. The Morgan fingerprint density at radius 1 is 1.18 bits per heavy atom. The minimum absolute atomic E-state index is 0.293. The number of amides is 1. The van der Waals surface area contributed by atoms with E-state index in [1.807, 2.05) is 20.8 Å². The van der Waals surface area contributed by atoms with Crippen LogP contribution in [0.1, 0.15) is 32.3 Å². The lowest BCUT2D eigenvalue weighted by atomic mass is 9.82. The third-order valence-electron chi connectivity index (χ3n) is 3.29. The van der Waals surface area contributed by atoms with Gasteiger partial charge in [-0.1, -0.05) is 18.2 Å². The van der Waals surface area contributed by atoms with E-state index >= 15 is 0 Å². The second kappa shape index (κ2) is 5.79. The molecule has 2 unspecified atom stereocenters. The van der Waals surface area contributed by atoms with Crippen LogP contribution in [0.5, 0.6) is 5.75 Å². The molecule has 1 N–H and O–H groups in total. The van der Waals surface area contributed by atoms with E-state index < -0.39 is 35.2 Å². The highest BCUT2D eigenvalue weighted by atomic mass is 16.6. The maximum atomic E-state index is 12.6. The van der Waals surface area contributed by atoms with Gasteiger partial charge in [-0.05, 0) is 26.8 Å². The first-order valence-corrected chi connectivity index (χ1v) is 6.95. The summed E-state index contributed by atoms with van der Waals surface area (Å²) < 4.78 is 9.82. The van der Waals surface area contributed by atoms with E-state index in [1.165, 1.54) is 7.11 Å². The number of para-hydroxylation sites is 1. The maximum Gasteiger partial charge on any atom is 0.326 e. The molecule has 1 aromatic carbocycles. The molecule has 0 aromatic heterocycles. The van der Waals surface area contributed by atoms with E-state index in [4.69, 9.17) is 4.74 Å². The zero-order chi connectivity index (χ0) is 16.5. The molecule has 0 saturated carbocycles. The summed E-state index contributed by atoms with van der Waals surface area (Å²) in [6, 6.07) is 6.69. The molecule has 1 heterocycles. The molecule has 118 valence electrons. The molecular weight excluding hydrogens is 286 g/mol. The van der Waals surface area contributed by atoms with Crippen molar-refractivity contribution in [1.82, 2.24) is 5.32 Å². The van der Waals surface area contributed by atoms with Gasteiger partial charge in [-0.25, -0.2) is 0 Å². The van der Waals surface area contributed by atoms with Crippen molar-refractivity contribution in [1.29, 1.82) is 0 Å². The van der Waals surface area contributed by atoms with E-state index in [2.05, 4.69) is 10.1 Å². The fourth-order valence-corrected chi connectivity index (χ4v) is 2.42. The number of methoxy groups -OCH3 is 1. The number of hydrogen-bond acceptors (Lipinski definition) is 5. The summed E-state index contributed by atoms with van der Waals surface area (Å²) in [7, 11) is 1.18. The molecule has 0 radical (unpaired) electrons.